The van der Waals surface area contributed by atoms with Gasteiger partial charge in [0.15, 0.2) is 23.2 Å². The molecule has 0 radical (unpaired) electrons. The minimum absolute atomic E-state index is 0.230. The van der Waals surface area contributed by atoms with E-state index in [0.717, 1.165) is 0 Å². The van der Waals surface area contributed by atoms with Crippen LogP contribution in [0.2, 0.25) is 0 Å². The number of anilines is 1. The topological polar surface area (TPSA) is 143 Å². The van der Waals surface area contributed by atoms with Crippen molar-refractivity contribution in [2.45, 2.75) is 51.7 Å². The predicted molar refractivity (Wildman–Crippen MR) is 91.0 cm³/mol. The molecule has 142 valence electrons. The highest BCUT2D eigenvalue weighted by Crippen LogP contribution is 2.39. The van der Waals surface area contributed by atoms with Crippen molar-refractivity contribution < 1.29 is 24.9 Å². The van der Waals surface area contributed by atoms with Crippen molar-refractivity contribution in [2.24, 2.45) is 5.41 Å². The van der Waals surface area contributed by atoms with Gasteiger partial charge in [-0.3, -0.25) is 9.36 Å². The van der Waals surface area contributed by atoms with Gasteiger partial charge in [-0.1, -0.05) is 20.8 Å². The largest absolute Gasteiger partial charge is 0.394 e. The Balaban J connectivity index is 2.00. The third-order valence-electron chi connectivity index (χ3n) is 4.46. The van der Waals surface area contributed by atoms with Gasteiger partial charge in [-0.05, 0) is 6.92 Å². The van der Waals surface area contributed by atoms with Crippen LogP contribution in [0.5, 0.6) is 0 Å². The van der Waals surface area contributed by atoms with Crippen LogP contribution >= 0.6 is 0 Å². The zero-order valence-corrected chi connectivity index (χ0v) is 15.0. The maximum absolute atomic E-state index is 12.2. The Bertz CT molecular complexity index is 828. The first-order valence-corrected chi connectivity index (χ1v) is 8.23. The van der Waals surface area contributed by atoms with E-state index in [0.29, 0.717) is 11.2 Å². The monoisotopic (exact) mass is 365 g/mol. The van der Waals surface area contributed by atoms with Crippen LogP contribution in [0, 0.1) is 5.41 Å². The highest BCUT2D eigenvalue weighted by molar-refractivity contribution is 5.99. The molecule has 2 aromatic rings. The number of imidazole rings is 1. The summed E-state index contributed by atoms with van der Waals surface area (Å²) < 4.78 is 7.04. The Morgan fingerprint density at radius 3 is 2.65 bits per heavy atom. The molecule has 3 heterocycles. The SMILES string of the molecule is CC(C)(C)C(=O)Nc1ncnc2c1ncn2[C@@H]1O[C@H](CO)[C@@H](O)[C@@]1(C)O. The quantitative estimate of drug-likeness (QED) is 0.586. The van der Waals surface area contributed by atoms with Crippen LogP contribution in [-0.4, -0.2) is 65.2 Å². The average Bonchev–Trinajstić information content (AvgIpc) is 3.07. The van der Waals surface area contributed by atoms with Gasteiger partial charge in [0.05, 0.1) is 12.9 Å². The molecule has 0 bridgehead atoms. The summed E-state index contributed by atoms with van der Waals surface area (Å²) in [5.74, 6) is 0.0116. The number of hydrogen-bond acceptors (Lipinski definition) is 8. The number of aliphatic hydroxyl groups is 3. The molecule has 1 saturated heterocycles. The van der Waals surface area contributed by atoms with Crippen LogP contribution in [0.15, 0.2) is 12.7 Å². The van der Waals surface area contributed by atoms with E-state index in [9.17, 15) is 20.1 Å². The van der Waals surface area contributed by atoms with Gasteiger partial charge in [0.2, 0.25) is 5.91 Å². The van der Waals surface area contributed by atoms with Crippen molar-refractivity contribution in [3.8, 4) is 0 Å². The second-order valence-corrected chi connectivity index (χ2v) is 7.63. The Morgan fingerprint density at radius 2 is 2.08 bits per heavy atom. The normalized spacial score (nSPS) is 29.3. The highest BCUT2D eigenvalue weighted by Gasteiger charge is 2.53. The van der Waals surface area contributed by atoms with E-state index in [-0.39, 0.29) is 11.7 Å². The molecule has 0 unspecified atom stereocenters. The molecule has 4 atom stereocenters. The Labute approximate surface area is 149 Å². The number of aromatic nitrogens is 4. The fourth-order valence-corrected chi connectivity index (χ4v) is 2.80. The zero-order valence-electron chi connectivity index (χ0n) is 15.0. The van der Waals surface area contributed by atoms with E-state index in [1.807, 2.05) is 0 Å². The van der Waals surface area contributed by atoms with Gasteiger partial charge in [-0.2, -0.15) is 0 Å². The molecular formula is C16H23N5O5. The minimum Gasteiger partial charge on any atom is -0.394 e. The summed E-state index contributed by atoms with van der Waals surface area (Å²) in [7, 11) is 0. The number of nitrogens with zero attached hydrogens (tertiary/aromatic N) is 4. The minimum atomic E-state index is -1.67. The van der Waals surface area contributed by atoms with Crippen LogP contribution in [-0.2, 0) is 9.53 Å². The van der Waals surface area contributed by atoms with E-state index in [1.54, 1.807) is 20.8 Å². The lowest BCUT2D eigenvalue weighted by Crippen LogP contribution is -2.44. The molecule has 10 nitrogen and oxygen atoms in total. The summed E-state index contributed by atoms with van der Waals surface area (Å²) in [6, 6.07) is 0. The standard InChI is InChI=1S/C16H23N5O5/c1-15(2,3)13(24)20-11-9-12(18-6-17-11)21(7-19-9)14-16(4,25)10(23)8(5-22)26-14/h6-8,10,14,22-23,25H,5H2,1-4H3,(H,17,18,20,24)/t8-,10-,14-,16-/m1/s1. The molecule has 10 heteroatoms. The lowest BCUT2D eigenvalue weighted by atomic mass is 9.96. The molecule has 1 aliphatic heterocycles. The smallest absolute Gasteiger partial charge is 0.230 e. The number of amides is 1. The first kappa shape index (κ1) is 18.6. The summed E-state index contributed by atoms with van der Waals surface area (Å²) >= 11 is 0. The van der Waals surface area contributed by atoms with E-state index in [4.69, 9.17) is 4.74 Å². The van der Waals surface area contributed by atoms with Gasteiger partial charge in [-0.25, -0.2) is 15.0 Å². The molecule has 0 saturated carbocycles. The van der Waals surface area contributed by atoms with Gasteiger partial charge in [0.1, 0.15) is 24.1 Å². The van der Waals surface area contributed by atoms with E-state index >= 15 is 0 Å². The third kappa shape index (κ3) is 2.94. The predicted octanol–water partition coefficient (Wildman–Crippen LogP) is -0.188. The summed E-state index contributed by atoms with van der Waals surface area (Å²) in [5, 5.41) is 32.8. The second kappa shape index (κ2) is 6.23. The fourth-order valence-electron chi connectivity index (χ4n) is 2.80. The third-order valence-corrected chi connectivity index (χ3v) is 4.46. The first-order chi connectivity index (χ1) is 12.1. The van der Waals surface area contributed by atoms with Gasteiger partial charge >= 0.3 is 0 Å². The molecule has 1 amide bonds. The van der Waals surface area contributed by atoms with Crippen molar-refractivity contribution in [1.82, 2.24) is 19.5 Å². The fraction of sp³-hybridized carbons (Fsp3) is 0.625. The van der Waals surface area contributed by atoms with Crippen molar-refractivity contribution >= 4 is 22.9 Å². The van der Waals surface area contributed by atoms with Gasteiger partial charge in [0, 0.05) is 5.41 Å². The van der Waals surface area contributed by atoms with Crippen LogP contribution in [0.3, 0.4) is 0 Å². The summed E-state index contributed by atoms with van der Waals surface area (Å²) in [5.41, 5.74) is -1.64. The van der Waals surface area contributed by atoms with Crippen LogP contribution in [0.1, 0.15) is 33.9 Å². The number of fused-ring (bicyclic) bond motifs is 1. The van der Waals surface area contributed by atoms with Gasteiger partial charge in [0.25, 0.3) is 0 Å². The number of aliphatic hydroxyl groups excluding tert-OH is 2. The first-order valence-electron chi connectivity index (χ1n) is 8.23. The Kier molecular flexibility index (Phi) is 4.47. The number of ether oxygens (including phenoxy) is 1. The molecule has 4 N–H and O–H groups in total. The maximum atomic E-state index is 12.2. The summed E-state index contributed by atoms with van der Waals surface area (Å²) in [6.45, 7) is 6.30. The van der Waals surface area contributed by atoms with E-state index in [1.165, 1.54) is 24.1 Å². The second-order valence-electron chi connectivity index (χ2n) is 7.63. The molecule has 0 aliphatic carbocycles. The van der Waals surface area contributed by atoms with Crippen molar-refractivity contribution in [2.75, 3.05) is 11.9 Å². The highest BCUT2D eigenvalue weighted by atomic mass is 16.6. The van der Waals surface area contributed by atoms with Crippen LogP contribution in [0.25, 0.3) is 11.2 Å². The van der Waals surface area contributed by atoms with Gasteiger partial charge < -0.3 is 25.4 Å². The molecule has 0 aromatic carbocycles. The number of carbonyl (C=O) groups excluding carboxylic acids is 1. The maximum Gasteiger partial charge on any atom is 0.230 e. The summed E-state index contributed by atoms with van der Waals surface area (Å²) in [4.78, 5) is 24.7. The average molecular weight is 365 g/mol. The van der Waals surface area contributed by atoms with Crippen molar-refractivity contribution in [1.29, 1.82) is 0 Å². The lowest BCUT2D eigenvalue weighted by Gasteiger charge is -2.27. The number of nitrogens with one attached hydrogen (secondary N) is 1. The number of carbonyl (C=O) groups is 1. The van der Waals surface area contributed by atoms with Crippen molar-refractivity contribution in [3.05, 3.63) is 12.7 Å². The van der Waals surface area contributed by atoms with E-state index in [2.05, 4.69) is 20.3 Å². The number of rotatable bonds is 3. The molecule has 26 heavy (non-hydrogen) atoms. The van der Waals surface area contributed by atoms with Crippen molar-refractivity contribution in [3.63, 3.8) is 0 Å². The lowest BCUT2D eigenvalue weighted by molar-refractivity contribution is -0.123. The van der Waals surface area contributed by atoms with Crippen LogP contribution in [0.4, 0.5) is 5.82 Å². The molecular weight excluding hydrogens is 342 g/mol. The molecule has 2 aromatic heterocycles. The molecule has 3 rings (SSSR count). The molecule has 0 spiro atoms. The Hall–Kier alpha value is -2.14. The number of hydrogen-bond donors (Lipinski definition) is 4. The van der Waals surface area contributed by atoms with Gasteiger partial charge in [-0.15, -0.1) is 0 Å². The zero-order chi connectivity index (χ0) is 19.3. The Morgan fingerprint density at radius 1 is 1.38 bits per heavy atom. The van der Waals surface area contributed by atoms with Crippen LogP contribution < -0.4 is 5.32 Å². The molecule has 1 fully saturated rings. The molecule has 1 aliphatic rings. The summed E-state index contributed by atoms with van der Waals surface area (Å²) in [6.07, 6.45) is -0.577. The van der Waals surface area contributed by atoms with E-state index < -0.39 is 36.1 Å².